The van der Waals surface area contributed by atoms with Gasteiger partial charge in [0.05, 0.1) is 16.8 Å². The summed E-state index contributed by atoms with van der Waals surface area (Å²) in [6, 6.07) is 6.06. The summed E-state index contributed by atoms with van der Waals surface area (Å²) in [5.74, 6) is -0.408. The SMILES string of the molecule is C[C@H](NCc1c(F)ccc(Br)c1F)c1ccco1. The van der Waals surface area contributed by atoms with Crippen LogP contribution in [0.4, 0.5) is 8.78 Å². The topological polar surface area (TPSA) is 25.2 Å². The lowest BCUT2D eigenvalue weighted by atomic mass is 10.1. The van der Waals surface area contributed by atoms with E-state index in [1.807, 2.05) is 13.0 Å². The normalized spacial score (nSPS) is 12.7. The van der Waals surface area contributed by atoms with Crippen LogP contribution in [0, 0.1) is 11.6 Å². The summed E-state index contributed by atoms with van der Waals surface area (Å²) in [5, 5.41) is 3.02. The molecule has 1 heterocycles. The summed E-state index contributed by atoms with van der Waals surface area (Å²) in [7, 11) is 0. The van der Waals surface area contributed by atoms with Crippen LogP contribution in [0.5, 0.6) is 0 Å². The van der Waals surface area contributed by atoms with Crippen LogP contribution in [-0.4, -0.2) is 0 Å². The van der Waals surface area contributed by atoms with E-state index >= 15 is 0 Å². The van der Waals surface area contributed by atoms with Gasteiger partial charge in [-0.2, -0.15) is 0 Å². The fourth-order valence-electron chi connectivity index (χ4n) is 1.62. The molecular formula is C13H12BrF2NO. The molecule has 0 spiro atoms. The van der Waals surface area contributed by atoms with Gasteiger partial charge in [-0.05, 0) is 47.1 Å². The maximum atomic E-state index is 13.7. The lowest BCUT2D eigenvalue weighted by Crippen LogP contribution is -2.19. The molecule has 0 unspecified atom stereocenters. The Morgan fingerprint density at radius 2 is 2.11 bits per heavy atom. The number of halogens is 3. The number of furan rings is 1. The second-order valence-corrected chi connectivity index (χ2v) is 4.79. The summed E-state index contributed by atoms with van der Waals surface area (Å²) in [5.41, 5.74) is 0.0165. The summed E-state index contributed by atoms with van der Waals surface area (Å²) in [6.45, 7) is 1.96. The van der Waals surface area contributed by atoms with Crippen LogP contribution < -0.4 is 5.32 Å². The maximum absolute atomic E-state index is 13.7. The zero-order valence-corrected chi connectivity index (χ0v) is 11.3. The first kappa shape index (κ1) is 13.2. The molecule has 0 aliphatic heterocycles. The average Bonchev–Trinajstić information content (AvgIpc) is 2.87. The van der Waals surface area contributed by atoms with Crippen molar-refractivity contribution in [2.24, 2.45) is 0 Å². The molecule has 2 rings (SSSR count). The molecule has 0 aliphatic carbocycles. The maximum Gasteiger partial charge on any atom is 0.144 e. The Bertz CT molecular complexity index is 528. The average molecular weight is 316 g/mol. The second-order valence-electron chi connectivity index (χ2n) is 3.94. The van der Waals surface area contributed by atoms with Gasteiger partial charge in [0, 0.05) is 12.1 Å². The van der Waals surface area contributed by atoms with Crippen LogP contribution in [0.25, 0.3) is 0 Å². The Labute approximate surface area is 112 Å². The summed E-state index contributed by atoms with van der Waals surface area (Å²) in [6.07, 6.45) is 1.56. The van der Waals surface area contributed by atoms with Crippen LogP contribution >= 0.6 is 15.9 Å². The predicted octanol–water partition coefficient (Wildman–Crippen LogP) is 4.17. The molecule has 1 aromatic heterocycles. The molecule has 0 bridgehead atoms. The Hall–Kier alpha value is -1.20. The molecule has 0 amide bonds. The third-order valence-corrected chi connectivity index (χ3v) is 3.31. The van der Waals surface area contributed by atoms with Gasteiger partial charge in [0.1, 0.15) is 17.4 Å². The summed E-state index contributed by atoms with van der Waals surface area (Å²) >= 11 is 3.04. The van der Waals surface area contributed by atoms with Gasteiger partial charge in [0.25, 0.3) is 0 Å². The highest BCUT2D eigenvalue weighted by Crippen LogP contribution is 2.22. The first-order valence-electron chi connectivity index (χ1n) is 5.48. The number of hydrogen-bond acceptors (Lipinski definition) is 2. The van der Waals surface area contributed by atoms with Gasteiger partial charge < -0.3 is 9.73 Å². The molecule has 0 radical (unpaired) electrons. The van der Waals surface area contributed by atoms with E-state index in [9.17, 15) is 8.78 Å². The van der Waals surface area contributed by atoms with E-state index in [0.717, 1.165) is 5.76 Å². The van der Waals surface area contributed by atoms with E-state index in [2.05, 4.69) is 21.2 Å². The van der Waals surface area contributed by atoms with Gasteiger partial charge in [-0.15, -0.1) is 0 Å². The van der Waals surface area contributed by atoms with Crippen LogP contribution in [0.3, 0.4) is 0 Å². The molecule has 1 atom stereocenters. The van der Waals surface area contributed by atoms with E-state index in [0.29, 0.717) is 0 Å². The van der Waals surface area contributed by atoms with Crippen molar-refractivity contribution in [1.82, 2.24) is 5.32 Å². The number of hydrogen-bond donors (Lipinski definition) is 1. The number of nitrogens with one attached hydrogen (secondary N) is 1. The second kappa shape index (κ2) is 5.63. The molecule has 0 saturated carbocycles. The third kappa shape index (κ3) is 2.79. The largest absolute Gasteiger partial charge is 0.468 e. The number of rotatable bonds is 4. The quantitative estimate of drug-likeness (QED) is 0.857. The van der Waals surface area contributed by atoms with Gasteiger partial charge in [-0.25, -0.2) is 8.78 Å². The molecular weight excluding hydrogens is 304 g/mol. The van der Waals surface area contributed by atoms with E-state index in [-0.39, 0.29) is 22.6 Å². The van der Waals surface area contributed by atoms with Gasteiger partial charge in [-0.1, -0.05) is 0 Å². The zero-order chi connectivity index (χ0) is 13.1. The van der Waals surface area contributed by atoms with Gasteiger partial charge in [-0.3, -0.25) is 0 Å². The number of benzene rings is 1. The van der Waals surface area contributed by atoms with Crippen molar-refractivity contribution in [3.8, 4) is 0 Å². The highest BCUT2D eigenvalue weighted by atomic mass is 79.9. The minimum absolute atomic E-state index is 0.0165. The molecule has 0 aliphatic rings. The van der Waals surface area contributed by atoms with Gasteiger partial charge in [0.2, 0.25) is 0 Å². The van der Waals surface area contributed by atoms with E-state index in [1.165, 1.54) is 12.1 Å². The smallest absolute Gasteiger partial charge is 0.144 e. The monoisotopic (exact) mass is 315 g/mol. The molecule has 5 heteroatoms. The Kier molecular flexibility index (Phi) is 4.14. The van der Waals surface area contributed by atoms with Crippen LogP contribution in [-0.2, 0) is 6.54 Å². The minimum Gasteiger partial charge on any atom is -0.468 e. The Morgan fingerprint density at radius 1 is 1.33 bits per heavy atom. The van der Waals surface area contributed by atoms with E-state index in [4.69, 9.17) is 4.42 Å². The summed E-state index contributed by atoms with van der Waals surface area (Å²) < 4.78 is 32.7. The minimum atomic E-state index is -0.575. The van der Waals surface area contributed by atoms with Gasteiger partial charge >= 0.3 is 0 Å². The van der Waals surface area contributed by atoms with Crippen molar-refractivity contribution in [2.75, 3.05) is 0 Å². The van der Waals surface area contributed by atoms with Crippen LogP contribution in [0.15, 0.2) is 39.4 Å². The zero-order valence-electron chi connectivity index (χ0n) is 9.71. The third-order valence-electron chi connectivity index (χ3n) is 2.69. The molecule has 1 N–H and O–H groups in total. The first-order valence-corrected chi connectivity index (χ1v) is 6.28. The lowest BCUT2D eigenvalue weighted by Gasteiger charge is -2.12. The van der Waals surface area contributed by atoms with Crippen LogP contribution in [0.1, 0.15) is 24.3 Å². The van der Waals surface area contributed by atoms with Crippen molar-refractivity contribution >= 4 is 15.9 Å². The highest BCUT2D eigenvalue weighted by Gasteiger charge is 2.14. The first-order chi connectivity index (χ1) is 8.59. The highest BCUT2D eigenvalue weighted by molar-refractivity contribution is 9.10. The molecule has 18 heavy (non-hydrogen) atoms. The van der Waals surface area contributed by atoms with Crippen molar-refractivity contribution in [2.45, 2.75) is 19.5 Å². The molecule has 0 fully saturated rings. The van der Waals surface area contributed by atoms with E-state index in [1.54, 1.807) is 12.3 Å². The molecule has 2 nitrogen and oxygen atoms in total. The molecule has 96 valence electrons. The van der Waals surface area contributed by atoms with Crippen molar-refractivity contribution in [3.63, 3.8) is 0 Å². The Balaban J connectivity index is 2.09. The van der Waals surface area contributed by atoms with Crippen LogP contribution in [0.2, 0.25) is 0 Å². The van der Waals surface area contributed by atoms with Crippen molar-refractivity contribution < 1.29 is 13.2 Å². The Morgan fingerprint density at radius 3 is 2.78 bits per heavy atom. The predicted molar refractivity (Wildman–Crippen MR) is 68.0 cm³/mol. The van der Waals surface area contributed by atoms with E-state index < -0.39 is 11.6 Å². The molecule has 0 saturated heterocycles. The van der Waals surface area contributed by atoms with Crippen molar-refractivity contribution in [1.29, 1.82) is 0 Å². The molecule has 1 aromatic carbocycles. The standard InChI is InChI=1S/C13H12BrF2NO/c1-8(12-3-2-6-18-12)17-7-9-11(15)5-4-10(14)13(9)16/h2-6,8,17H,7H2,1H3/t8-/m0/s1. The van der Waals surface area contributed by atoms with Gasteiger partial charge in [0.15, 0.2) is 0 Å². The van der Waals surface area contributed by atoms with Crippen molar-refractivity contribution in [3.05, 3.63) is 58.0 Å². The molecule has 2 aromatic rings. The lowest BCUT2D eigenvalue weighted by molar-refractivity contribution is 0.422. The fraction of sp³-hybridized carbons (Fsp3) is 0.231. The fourth-order valence-corrected chi connectivity index (χ4v) is 2.00. The summed E-state index contributed by atoms with van der Waals surface area (Å²) in [4.78, 5) is 0.